The first kappa shape index (κ1) is 24.5. The number of rotatable bonds is 6. The number of nitrogens with zero attached hydrogens (tertiary/aromatic N) is 3. The van der Waals surface area contributed by atoms with Gasteiger partial charge in [0.15, 0.2) is 0 Å². The quantitative estimate of drug-likeness (QED) is 0.311. The number of fused-ring (bicyclic) bond motifs is 1. The molecule has 0 radical (unpaired) electrons. The lowest BCUT2D eigenvalue weighted by molar-refractivity contribution is 0.138. The van der Waals surface area contributed by atoms with Gasteiger partial charge in [0.25, 0.3) is 5.56 Å². The van der Waals surface area contributed by atoms with Crippen LogP contribution in [0.3, 0.4) is 0 Å². The Labute approximate surface area is 218 Å². The number of benzene rings is 3. The van der Waals surface area contributed by atoms with Crippen LogP contribution in [0.1, 0.15) is 55.4 Å². The second-order valence-electron chi connectivity index (χ2n) is 10.3. The highest BCUT2D eigenvalue weighted by molar-refractivity contribution is 5.71. The summed E-state index contributed by atoms with van der Waals surface area (Å²) >= 11 is 0. The van der Waals surface area contributed by atoms with Crippen LogP contribution in [0.4, 0.5) is 0 Å². The van der Waals surface area contributed by atoms with Gasteiger partial charge in [0.05, 0.1) is 17.2 Å². The van der Waals surface area contributed by atoms with Crippen LogP contribution >= 0.6 is 0 Å². The molecule has 1 aromatic heterocycles. The lowest BCUT2D eigenvalue weighted by Crippen LogP contribution is -2.24. The Bertz CT molecular complexity index is 1570. The van der Waals surface area contributed by atoms with Gasteiger partial charge in [0.1, 0.15) is 17.2 Å². The summed E-state index contributed by atoms with van der Waals surface area (Å²) in [6.07, 6.45) is 2.45. The van der Waals surface area contributed by atoms with Gasteiger partial charge in [-0.15, -0.1) is 0 Å². The Morgan fingerprint density at radius 1 is 1.05 bits per heavy atom. The molecule has 5 heteroatoms. The van der Waals surface area contributed by atoms with E-state index in [2.05, 4.69) is 66.7 Å². The maximum atomic E-state index is 13.2. The topological polar surface area (TPSA) is 67.9 Å². The van der Waals surface area contributed by atoms with Crippen molar-refractivity contribution in [2.45, 2.75) is 59.1 Å². The first-order valence-corrected chi connectivity index (χ1v) is 12.8. The summed E-state index contributed by atoms with van der Waals surface area (Å²) < 4.78 is 8.21. The van der Waals surface area contributed by atoms with Crippen LogP contribution in [0.2, 0.25) is 0 Å². The molecule has 0 aliphatic carbocycles. The second kappa shape index (κ2) is 9.71. The van der Waals surface area contributed by atoms with Gasteiger partial charge in [-0.05, 0) is 73.2 Å². The zero-order valence-electron chi connectivity index (χ0n) is 21.8. The lowest BCUT2D eigenvalue weighted by atomic mass is 9.97. The van der Waals surface area contributed by atoms with Crippen molar-refractivity contribution in [3.63, 3.8) is 0 Å². The average Bonchev–Trinajstić information content (AvgIpc) is 3.20. The van der Waals surface area contributed by atoms with Gasteiger partial charge in [-0.3, -0.25) is 4.79 Å². The van der Waals surface area contributed by atoms with Gasteiger partial charge < -0.3 is 9.30 Å². The predicted molar refractivity (Wildman–Crippen MR) is 147 cm³/mol. The van der Waals surface area contributed by atoms with E-state index in [-0.39, 0.29) is 11.2 Å². The normalized spacial score (nSPS) is 13.6. The highest BCUT2D eigenvalue weighted by Crippen LogP contribution is 2.37. The summed E-state index contributed by atoms with van der Waals surface area (Å²) in [5.41, 5.74) is 6.86. The number of aryl methyl sites for hydroxylation is 1. The van der Waals surface area contributed by atoms with Gasteiger partial charge in [-0.25, -0.2) is 0 Å². The van der Waals surface area contributed by atoms with Gasteiger partial charge >= 0.3 is 0 Å². The number of nitriles is 1. The number of aromatic nitrogens is 2. The highest BCUT2D eigenvalue weighted by Gasteiger charge is 2.30. The predicted octanol–water partition coefficient (Wildman–Crippen LogP) is 6.47. The number of hydrogen-bond donors (Lipinski definition) is 0. The minimum Gasteiger partial charge on any atom is -0.487 e. The van der Waals surface area contributed by atoms with Crippen LogP contribution in [0.5, 0.6) is 5.75 Å². The average molecular weight is 490 g/mol. The molecule has 37 heavy (non-hydrogen) atoms. The molecule has 0 bridgehead atoms. The van der Waals surface area contributed by atoms with Crippen molar-refractivity contribution >= 4 is 0 Å². The van der Waals surface area contributed by atoms with Crippen LogP contribution in [0.25, 0.3) is 22.3 Å². The third kappa shape index (κ3) is 4.80. The first-order valence-electron chi connectivity index (χ1n) is 12.8. The van der Waals surface area contributed by atoms with E-state index in [1.54, 1.807) is 0 Å². The van der Waals surface area contributed by atoms with E-state index in [0.29, 0.717) is 17.7 Å². The highest BCUT2D eigenvalue weighted by atomic mass is 16.5. The molecular weight excluding hydrogens is 458 g/mol. The third-order valence-electron chi connectivity index (χ3n) is 7.00. The Morgan fingerprint density at radius 2 is 1.78 bits per heavy atom. The monoisotopic (exact) mass is 489 g/mol. The molecule has 3 aromatic carbocycles. The van der Waals surface area contributed by atoms with Crippen molar-refractivity contribution in [1.29, 1.82) is 5.26 Å². The number of hydrogen-bond acceptors (Lipinski definition) is 4. The molecule has 0 N–H and O–H groups in total. The molecule has 0 fully saturated rings. The second-order valence-corrected chi connectivity index (χ2v) is 10.3. The molecule has 0 atom stereocenters. The molecule has 1 aliphatic rings. The fourth-order valence-corrected chi connectivity index (χ4v) is 5.24. The first-order chi connectivity index (χ1) is 17.8. The number of ether oxygens (including phenoxy) is 1. The lowest BCUT2D eigenvalue weighted by Gasteiger charge is -2.19. The van der Waals surface area contributed by atoms with Gasteiger partial charge in [0.2, 0.25) is 0 Å². The Hall–Kier alpha value is -4.17. The molecule has 4 aromatic rings. The van der Waals surface area contributed by atoms with Crippen LogP contribution in [-0.4, -0.2) is 15.2 Å². The van der Waals surface area contributed by atoms with Crippen LogP contribution in [0, 0.1) is 18.3 Å². The smallest absolute Gasteiger partial charge is 0.281 e. The summed E-state index contributed by atoms with van der Waals surface area (Å²) in [6.45, 7) is 8.89. The molecule has 186 valence electrons. The molecule has 0 spiro atoms. The maximum absolute atomic E-state index is 13.2. The SMILES string of the molecule is CCCc1nc(=O)c(-c2ccc3c(c2)CC(C)(C)O3)c(C)n1Cc1ccc(-c2ccccc2C#N)cc1. The standard InChI is InChI=1S/C32H31N3O2/c1-5-8-29-34-31(36)30(24-15-16-28-26(17-24)18-32(3,4)37-28)21(2)35(29)20-22-11-13-23(14-12-22)27-10-7-6-9-25(27)19-33/h6-7,9-17H,5,8,18,20H2,1-4H3. The molecule has 0 saturated heterocycles. The molecule has 5 nitrogen and oxygen atoms in total. The van der Waals surface area contributed by atoms with Crippen LogP contribution in [-0.2, 0) is 19.4 Å². The Kier molecular flexibility index (Phi) is 6.43. The van der Waals surface area contributed by atoms with E-state index < -0.39 is 0 Å². The molecule has 0 amide bonds. The van der Waals surface area contributed by atoms with E-state index in [1.807, 2.05) is 43.3 Å². The zero-order valence-corrected chi connectivity index (χ0v) is 21.8. The third-order valence-corrected chi connectivity index (χ3v) is 7.00. The Morgan fingerprint density at radius 3 is 2.51 bits per heavy atom. The van der Waals surface area contributed by atoms with Crippen LogP contribution < -0.4 is 10.3 Å². The largest absolute Gasteiger partial charge is 0.487 e. The molecule has 0 unspecified atom stereocenters. The van der Waals surface area contributed by atoms with Gasteiger partial charge in [-0.1, -0.05) is 55.5 Å². The summed E-state index contributed by atoms with van der Waals surface area (Å²) in [5.74, 6) is 1.69. The molecule has 5 rings (SSSR count). The molecule has 0 saturated carbocycles. The molecule has 2 heterocycles. The van der Waals surface area contributed by atoms with Crippen molar-refractivity contribution in [3.8, 4) is 34.1 Å². The van der Waals surface area contributed by atoms with Crippen molar-refractivity contribution < 1.29 is 4.74 Å². The van der Waals surface area contributed by atoms with Crippen molar-refractivity contribution in [2.75, 3.05) is 0 Å². The minimum absolute atomic E-state index is 0.182. The summed E-state index contributed by atoms with van der Waals surface area (Å²) in [5, 5.41) is 9.47. The van der Waals surface area contributed by atoms with Crippen molar-refractivity contribution in [1.82, 2.24) is 9.55 Å². The Balaban J connectivity index is 1.53. The summed E-state index contributed by atoms with van der Waals surface area (Å²) in [7, 11) is 0. The van der Waals surface area contributed by atoms with Gasteiger partial charge in [0, 0.05) is 25.1 Å². The van der Waals surface area contributed by atoms with E-state index in [9.17, 15) is 10.1 Å². The van der Waals surface area contributed by atoms with E-state index >= 15 is 0 Å². The van der Waals surface area contributed by atoms with Gasteiger partial charge in [-0.2, -0.15) is 10.2 Å². The van der Waals surface area contributed by atoms with Crippen LogP contribution in [0.15, 0.2) is 71.5 Å². The minimum atomic E-state index is -0.237. The van der Waals surface area contributed by atoms with Crippen molar-refractivity contribution in [3.05, 3.63) is 105 Å². The van der Waals surface area contributed by atoms with E-state index in [4.69, 9.17) is 4.74 Å². The fourth-order valence-electron chi connectivity index (χ4n) is 5.24. The molecular formula is C32H31N3O2. The van der Waals surface area contributed by atoms with E-state index in [0.717, 1.165) is 64.3 Å². The maximum Gasteiger partial charge on any atom is 0.281 e. The zero-order chi connectivity index (χ0) is 26.2. The van der Waals surface area contributed by atoms with Crippen molar-refractivity contribution in [2.24, 2.45) is 0 Å². The molecule has 1 aliphatic heterocycles. The van der Waals surface area contributed by atoms with E-state index in [1.165, 1.54) is 0 Å². The summed E-state index contributed by atoms with van der Waals surface area (Å²) in [4.78, 5) is 17.8. The fraction of sp³-hybridized carbons (Fsp3) is 0.281. The summed E-state index contributed by atoms with van der Waals surface area (Å²) in [6, 6.07) is 24.2.